The summed E-state index contributed by atoms with van der Waals surface area (Å²) in [6.07, 6.45) is 7.97. The zero-order valence-corrected chi connectivity index (χ0v) is 13.3. The maximum Gasteiger partial charge on any atom is 0.139 e. The van der Waals surface area contributed by atoms with Crippen molar-refractivity contribution in [2.75, 3.05) is 0 Å². The number of aromatic amines is 1. The lowest BCUT2D eigenvalue weighted by Crippen LogP contribution is -1.97. The summed E-state index contributed by atoms with van der Waals surface area (Å²) in [5.74, 6) is 1.01. The number of nitrogens with zero attached hydrogens (tertiary/aromatic N) is 1. The molecule has 3 rings (SSSR count). The van der Waals surface area contributed by atoms with Crippen molar-refractivity contribution < 1.29 is 4.52 Å². The second-order valence-electron chi connectivity index (χ2n) is 5.48. The lowest BCUT2D eigenvalue weighted by atomic mass is 10.0. The summed E-state index contributed by atoms with van der Waals surface area (Å²) in [4.78, 5) is 3.25. The molecule has 0 fully saturated rings. The van der Waals surface area contributed by atoms with E-state index in [-0.39, 0.29) is 0 Å². The minimum atomic E-state index is 0.929. The maximum absolute atomic E-state index is 5.29. The van der Waals surface area contributed by atoms with Crippen molar-refractivity contribution >= 4 is 11.3 Å². The Kier molecular flexibility index (Phi) is 4.25. The van der Waals surface area contributed by atoms with Crippen LogP contribution in [0.1, 0.15) is 33.7 Å². The van der Waals surface area contributed by atoms with E-state index in [0.717, 1.165) is 37.0 Å². The monoisotopic (exact) mass is 300 g/mol. The van der Waals surface area contributed by atoms with Crippen LogP contribution in [-0.4, -0.2) is 10.1 Å². The van der Waals surface area contributed by atoms with E-state index in [9.17, 15) is 0 Å². The molecule has 0 saturated carbocycles. The lowest BCUT2D eigenvalue weighted by molar-refractivity contribution is 0.382. The zero-order valence-electron chi connectivity index (χ0n) is 12.5. The van der Waals surface area contributed by atoms with Crippen LogP contribution >= 0.6 is 11.3 Å². The van der Waals surface area contributed by atoms with Gasteiger partial charge in [-0.25, -0.2) is 0 Å². The minimum Gasteiger partial charge on any atom is -0.365 e. The molecular formula is C17H20N2OS. The molecule has 1 N–H and O–H groups in total. The van der Waals surface area contributed by atoms with E-state index >= 15 is 0 Å². The molecule has 0 aliphatic heterocycles. The smallest absolute Gasteiger partial charge is 0.139 e. The van der Waals surface area contributed by atoms with Gasteiger partial charge < -0.3 is 9.51 Å². The predicted octanol–water partition coefficient (Wildman–Crippen LogP) is 4.25. The molecule has 0 amide bonds. The average Bonchev–Trinajstić information content (AvgIpc) is 3.17. The zero-order chi connectivity index (χ0) is 14.7. The molecule has 0 unspecified atom stereocenters. The van der Waals surface area contributed by atoms with E-state index in [1.54, 1.807) is 17.5 Å². The largest absolute Gasteiger partial charge is 0.365 e. The number of hydrogen-bond donors (Lipinski definition) is 1. The molecule has 0 aromatic carbocycles. The topological polar surface area (TPSA) is 41.8 Å². The molecular weight excluding hydrogens is 280 g/mol. The third-order valence-corrected chi connectivity index (χ3v) is 4.87. The van der Waals surface area contributed by atoms with Crippen LogP contribution in [0, 0.1) is 13.8 Å². The van der Waals surface area contributed by atoms with Crippen molar-refractivity contribution in [3.05, 3.63) is 62.9 Å². The van der Waals surface area contributed by atoms with Crippen LogP contribution in [0.5, 0.6) is 0 Å². The van der Waals surface area contributed by atoms with Gasteiger partial charge in [0.05, 0.1) is 6.20 Å². The van der Waals surface area contributed by atoms with E-state index in [1.807, 2.05) is 6.20 Å². The lowest BCUT2D eigenvalue weighted by Gasteiger charge is -2.04. The van der Waals surface area contributed by atoms with Crippen molar-refractivity contribution in [1.82, 2.24) is 10.1 Å². The molecule has 0 bridgehead atoms. The second kappa shape index (κ2) is 6.31. The number of nitrogens with one attached hydrogen (secondary N) is 1. The van der Waals surface area contributed by atoms with Crippen molar-refractivity contribution in [3.63, 3.8) is 0 Å². The number of H-pyrrole nitrogens is 1. The first-order chi connectivity index (χ1) is 10.2. The van der Waals surface area contributed by atoms with Gasteiger partial charge in [-0.05, 0) is 66.6 Å². The number of hydrogen-bond acceptors (Lipinski definition) is 3. The summed E-state index contributed by atoms with van der Waals surface area (Å²) in [6, 6.07) is 2.18. The molecule has 21 heavy (non-hydrogen) atoms. The quantitative estimate of drug-likeness (QED) is 0.739. The Labute approximate surface area is 129 Å². The summed E-state index contributed by atoms with van der Waals surface area (Å²) in [7, 11) is 0. The Morgan fingerprint density at radius 3 is 2.38 bits per heavy atom. The fourth-order valence-corrected chi connectivity index (χ4v) is 3.55. The van der Waals surface area contributed by atoms with Crippen molar-refractivity contribution in [1.29, 1.82) is 0 Å². The average molecular weight is 300 g/mol. The highest BCUT2D eigenvalue weighted by Gasteiger charge is 2.09. The summed E-state index contributed by atoms with van der Waals surface area (Å²) >= 11 is 1.79. The van der Waals surface area contributed by atoms with Gasteiger partial charge in [0.25, 0.3) is 0 Å². The van der Waals surface area contributed by atoms with Crippen LogP contribution in [0.4, 0.5) is 0 Å². The van der Waals surface area contributed by atoms with Gasteiger partial charge in [-0.3, -0.25) is 0 Å². The van der Waals surface area contributed by atoms with Crippen LogP contribution in [0.15, 0.2) is 33.7 Å². The van der Waals surface area contributed by atoms with Gasteiger partial charge in [0.2, 0.25) is 0 Å². The van der Waals surface area contributed by atoms with E-state index in [2.05, 4.69) is 40.8 Å². The Morgan fingerprint density at radius 2 is 1.76 bits per heavy atom. The third-order valence-electron chi connectivity index (χ3n) is 4.03. The van der Waals surface area contributed by atoms with Crippen molar-refractivity contribution in [2.45, 2.75) is 39.5 Å². The van der Waals surface area contributed by atoms with Crippen molar-refractivity contribution in [2.24, 2.45) is 0 Å². The van der Waals surface area contributed by atoms with Gasteiger partial charge in [0, 0.05) is 23.9 Å². The van der Waals surface area contributed by atoms with Crippen molar-refractivity contribution in [3.8, 4) is 0 Å². The molecule has 0 saturated heterocycles. The first-order valence-electron chi connectivity index (χ1n) is 7.31. The fraction of sp³-hybridized carbons (Fsp3) is 0.353. The highest BCUT2D eigenvalue weighted by atomic mass is 32.1. The van der Waals surface area contributed by atoms with Crippen LogP contribution in [0.2, 0.25) is 0 Å². The number of aromatic nitrogens is 2. The number of thiophene rings is 1. The van der Waals surface area contributed by atoms with Gasteiger partial charge in [-0.1, -0.05) is 5.16 Å². The van der Waals surface area contributed by atoms with E-state index < -0.39 is 0 Å². The molecule has 3 nitrogen and oxygen atoms in total. The molecule has 0 aliphatic rings. The predicted molar refractivity (Wildman–Crippen MR) is 85.9 cm³/mol. The van der Waals surface area contributed by atoms with E-state index in [1.165, 1.54) is 22.4 Å². The highest BCUT2D eigenvalue weighted by molar-refractivity contribution is 7.08. The van der Waals surface area contributed by atoms with E-state index in [4.69, 9.17) is 4.52 Å². The van der Waals surface area contributed by atoms with E-state index in [0.29, 0.717) is 0 Å². The van der Waals surface area contributed by atoms with Gasteiger partial charge in [0.15, 0.2) is 0 Å². The molecule has 3 aromatic heterocycles. The SMILES string of the molecule is Cc1cnoc1CCc1cscc1CCc1cc[nH]c1C. The Bertz CT molecular complexity index is 649. The molecule has 0 radical (unpaired) electrons. The van der Waals surface area contributed by atoms with Crippen LogP contribution in [-0.2, 0) is 25.7 Å². The molecule has 4 heteroatoms. The first kappa shape index (κ1) is 14.1. The first-order valence-corrected chi connectivity index (χ1v) is 8.25. The summed E-state index contributed by atoms with van der Waals surface area (Å²) < 4.78 is 5.29. The standard InChI is InChI=1S/C17H20N2OS/c1-12-9-19-20-17(12)6-5-16-11-21-10-15(16)4-3-14-7-8-18-13(14)2/h7-11,18H,3-6H2,1-2H3. The molecule has 0 atom stereocenters. The van der Waals surface area contributed by atoms with Crippen LogP contribution < -0.4 is 0 Å². The van der Waals surface area contributed by atoms with Crippen LogP contribution in [0.25, 0.3) is 0 Å². The summed E-state index contributed by atoms with van der Waals surface area (Å²) in [5.41, 5.74) is 6.76. The van der Waals surface area contributed by atoms with Gasteiger partial charge >= 0.3 is 0 Å². The highest BCUT2D eigenvalue weighted by Crippen LogP contribution is 2.21. The second-order valence-corrected chi connectivity index (χ2v) is 6.23. The number of rotatable bonds is 6. The van der Waals surface area contributed by atoms with Gasteiger partial charge in [0.1, 0.15) is 5.76 Å². The molecule has 0 spiro atoms. The normalized spacial score (nSPS) is 11.1. The molecule has 3 aromatic rings. The van der Waals surface area contributed by atoms with Gasteiger partial charge in [-0.15, -0.1) is 0 Å². The Morgan fingerprint density at radius 1 is 1.05 bits per heavy atom. The fourth-order valence-electron chi connectivity index (χ4n) is 2.62. The Balaban J connectivity index is 1.61. The molecule has 0 aliphatic carbocycles. The third kappa shape index (κ3) is 3.27. The van der Waals surface area contributed by atoms with Gasteiger partial charge in [-0.2, -0.15) is 11.3 Å². The maximum atomic E-state index is 5.29. The molecule has 110 valence electrons. The summed E-state index contributed by atoms with van der Waals surface area (Å²) in [5, 5.41) is 8.40. The molecule has 3 heterocycles. The minimum absolute atomic E-state index is 0.929. The summed E-state index contributed by atoms with van der Waals surface area (Å²) in [6.45, 7) is 4.19. The number of aryl methyl sites for hydroxylation is 6. The Hall–Kier alpha value is -1.81. The van der Waals surface area contributed by atoms with Crippen LogP contribution in [0.3, 0.4) is 0 Å².